The van der Waals surface area contributed by atoms with Crippen LogP contribution in [-0.4, -0.2) is 127 Å². The van der Waals surface area contributed by atoms with Crippen LogP contribution in [0, 0.1) is 0 Å². The lowest BCUT2D eigenvalue weighted by atomic mass is 10.1. The average molecular weight is 1650 g/mol. The lowest BCUT2D eigenvalue weighted by Crippen LogP contribution is -2.35. The standard InChI is InChI=1S/C22H21ClN4O2.C21H19Cl2N3O.C20H17ClN2O3S.C19H12ClF3N2O3S/c23-20-7-6-17(13-19(20)21-3-1-2-8-24-21)26-22(28)16-4-5-18(25-14-16)15-27-9-11-29-12-10-27;1-26(2)13-14-6-8-16(19(23)11-14)21(27)25-15-7-9-18(22)17(12-15)20-5-3-4-10-24-20;1-2-27(25,26)16-9-6-14(7-10-16)20(24)23-15-8-11-18(21)17(13-15)19-5-3-4-12-22-19;20-16-9-6-13(11-15(16)17-3-1-2-10-24-17)25-18(26)12-4-7-14(8-5-12)29(27,28)19(21,22)23/h1-8,13-14H,9-12,15H2,(H,26,28);3-12H,13H2,1-2H3,(H,25,27);3-13H,2H2,1H3,(H,23,24);1-11H,(H,25,26). The summed E-state index contributed by atoms with van der Waals surface area (Å²) in [6.45, 7) is 6.40. The normalized spacial score (nSPS) is 12.1. The van der Waals surface area contributed by atoms with E-state index in [-0.39, 0.29) is 33.9 Å². The number of hydrogen-bond acceptors (Lipinski definition) is 16. The lowest BCUT2D eigenvalue weighted by Gasteiger charge is -2.26. The highest BCUT2D eigenvalue weighted by Crippen LogP contribution is 2.35. The van der Waals surface area contributed by atoms with Gasteiger partial charge in [-0.2, -0.15) is 13.2 Å². The summed E-state index contributed by atoms with van der Waals surface area (Å²) in [4.78, 5) is 75.3. The zero-order valence-corrected chi connectivity index (χ0v) is 65.3. The molecule has 7 aromatic carbocycles. The topological polar surface area (TPSA) is 265 Å². The zero-order valence-electron chi connectivity index (χ0n) is 59.8. The molecule has 0 bridgehead atoms. The first-order valence-corrected chi connectivity index (χ1v) is 39.2. The van der Waals surface area contributed by atoms with Gasteiger partial charge in [0.05, 0.1) is 93.5 Å². The number of ether oxygens (including phenoxy) is 1. The molecule has 12 aromatic rings. The number of morpholine rings is 1. The molecule has 1 aliphatic heterocycles. The van der Waals surface area contributed by atoms with Crippen LogP contribution in [0.2, 0.25) is 25.1 Å². The number of nitrogens with zero attached hydrogens (tertiary/aromatic N) is 7. The Morgan fingerprint density at radius 3 is 1.16 bits per heavy atom. The summed E-state index contributed by atoms with van der Waals surface area (Å²) in [6.07, 6.45) is 8.28. The number of amides is 4. The summed E-state index contributed by atoms with van der Waals surface area (Å²) in [7, 11) is -4.81. The second-order valence-corrected chi connectivity index (χ2v) is 31.1. The first-order chi connectivity index (χ1) is 53.6. The molecule has 4 N–H and O–H groups in total. The average Bonchev–Trinajstić information content (AvgIpc) is 0.794. The monoisotopic (exact) mass is 1650 g/mol. The zero-order chi connectivity index (χ0) is 80.1. The van der Waals surface area contributed by atoms with E-state index in [1.54, 1.807) is 135 Å². The number of carbonyl (C=O) groups excluding carboxylic acids is 4. The Balaban J connectivity index is 0.000000159. The van der Waals surface area contributed by atoms with Crippen LogP contribution in [0.25, 0.3) is 45.0 Å². The maximum atomic E-state index is 12.6. The second kappa shape index (κ2) is 38.9. The Hall–Kier alpha value is -10.8. The van der Waals surface area contributed by atoms with Gasteiger partial charge in [0, 0.05) is 113 Å². The van der Waals surface area contributed by atoms with Crippen molar-refractivity contribution in [1.82, 2.24) is 34.7 Å². The molecule has 1 saturated heterocycles. The van der Waals surface area contributed by atoms with Crippen molar-refractivity contribution in [3.63, 3.8) is 0 Å². The molecule has 0 aliphatic carbocycles. The molecule has 20 nitrogen and oxygen atoms in total. The van der Waals surface area contributed by atoms with Crippen LogP contribution in [0.1, 0.15) is 59.6 Å². The van der Waals surface area contributed by atoms with Crippen molar-refractivity contribution in [2.75, 3.05) is 67.4 Å². The molecule has 4 amide bonds. The number of nitrogens with one attached hydrogen (secondary N) is 4. The van der Waals surface area contributed by atoms with Gasteiger partial charge in [-0.25, -0.2) is 16.8 Å². The third-order valence-corrected chi connectivity index (χ3v) is 21.5. The molecule has 112 heavy (non-hydrogen) atoms. The summed E-state index contributed by atoms with van der Waals surface area (Å²) in [5.74, 6) is -1.45. The number of anilines is 4. The molecule has 0 saturated carbocycles. The smallest absolute Gasteiger partial charge is 0.379 e. The third kappa shape index (κ3) is 22.9. The van der Waals surface area contributed by atoms with Crippen molar-refractivity contribution in [3.8, 4) is 45.0 Å². The highest BCUT2D eigenvalue weighted by molar-refractivity contribution is 7.92. The molecule has 6 heterocycles. The summed E-state index contributed by atoms with van der Waals surface area (Å²) in [5, 5.41) is 13.7. The molecular formula is C82H69Cl5F3N11O9S2. The van der Waals surface area contributed by atoms with Gasteiger partial charge < -0.3 is 30.9 Å². The molecule has 5 aromatic heterocycles. The van der Waals surface area contributed by atoms with Crippen molar-refractivity contribution in [2.45, 2.75) is 35.3 Å². The van der Waals surface area contributed by atoms with Crippen molar-refractivity contribution in [3.05, 3.63) is 314 Å². The van der Waals surface area contributed by atoms with Crippen molar-refractivity contribution in [1.29, 1.82) is 0 Å². The quantitative estimate of drug-likeness (QED) is 0.0586. The summed E-state index contributed by atoms with van der Waals surface area (Å²) < 4.78 is 89.6. The SMILES string of the molecule is CCS(=O)(=O)c1ccc(C(=O)Nc2ccc(Cl)c(-c3ccccn3)c2)cc1.CN(C)Cc1ccc(C(=O)Nc2ccc(Cl)c(-c3ccccn3)c2)c(Cl)c1.O=C(Nc1ccc(Cl)c(-c2ccccn2)c1)c1ccc(CN2CCOCC2)nc1.O=C(Nc1ccc(Cl)c(-c2ccccn2)c1)c1ccc(S(=O)(=O)C(F)(F)F)cc1. The van der Waals surface area contributed by atoms with Crippen LogP contribution in [0.4, 0.5) is 35.9 Å². The number of sulfone groups is 2. The van der Waals surface area contributed by atoms with Gasteiger partial charge in [0.1, 0.15) is 0 Å². The van der Waals surface area contributed by atoms with Crippen molar-refractivity contribution >= 4 is 124 Å². The maximum Gasteiger partial charge on any atom is 0.501 e. The predicted octanol–water partition coefficient (Wildman–Crippen LogP) is 18.6. The van der Waals surface area contributed by atoms with Gasteiger partial charge in [-0.05, 0) is 214 Å². The molecule has 1 aliphatic rings. The fourth-order valence-electron chi connectivity index (χ4n) is 10.8. The van der Waals surface area contributed by atoms with Crippen LogP contribution in [0.15, 0.2) is 265 Å². The Kier molecular flexibility index (Phi) is 29.1. The number of halogens is 8. The van der Waals surface area contributed by atoms with Gasteiger partial charge in [-0.1, -0.05) is 95.3 Å². The number of carbonyl (C=O) groups is 4. The summed E-state index contributed by atoms with van der Waals surface area (Å²) in [6, 6.07) is 61.0. The molecule has 0 spiro atoms. The lowest BCUT2D eigenvalue weighted by molar-refractivity contribution is -0.0436. The largest absolute Gasteiger partial charge is 0.501 e. The highest BCUT2D eigenvalue weighted by Gasteiger charge is 2.47. The van der Waals surface area contributed by atoms with E-state index in [9.17, 15) is 49.2 Å². The van der Waals surface area contributed by atoms with E-state index in [4.69, 9.17) is 62.7 Å². The van der Waals surface area contributed by atoms with E-state index >= 15 is 0 Å². The van der Waals surface area contributed by atoms with Gasteiger partial charge in [0.25, 0.3) is 33.5 Å². The predicted molar refractivity (Wildman–Crippen MR) is 434 cm³/mol. The fraction of sp³-hybridized carbons (Fsp3) is 0.134. The molecule has 30 heteroatoms. The highest BCUT2D eigenvalue weighted by atomic mass is 35.5. The Labute approximate surface area is 669 Å². The number of benzene rings is 7. The van der Waals surface area contributed by atoms with E-state index < -0.39 is 36.0 Å². The van der Waals surface area contributed by atoms with Crippen LogP contribution >= 0.6 is 58.0 Å². The number of hydrogen-bond donors (Lipinski definition) is 4. The Morgan fingerprint density at radius 1 is 0.446 bits per heavy atom. The van der Waals surface area contributed by atoms with Crippen LogP contribution < -0.4 is 21.3 Å². The first-order valence-electron chi connectivity index (χ1n) is 34.1. The number of aromatic nitrogens is 5. The van der Waals surface area contributed by atoms with Crippen LogP contribution in [0.5, 0.6) is 0 Å². The molecule has 0 atom stereocenters. The van der Waals surface area contributed by atoms with E-state index in [2.05, 4.69) is 51.1 Å². The second-order valence-electron chi connectivity index (χ2n) is 24.8. The summed E-state index contributed by atoms with van der Waals surface area (Å²) >= 11 is 31.3. The van der Waals surface area contributed by atoms with Crippen molar-refractivity contribution in [2.24, 2.45) is 0 Å². The van der Waals surface area contributed by atoms with Crippen LogP contribution in [-0.2, 0) is 37.5 Å². The van der Waals surface area contributed by atoms with Crippen LogP contribution in [0.3, 0.4) is 0 Å². The molecule has 1 fully saturated rings. The molecule has 13 rings (SSSR count). The minimum absolute atomic E-state index is 0.0135. The number of alkyl halides is 3. The van der Waals surface area contributed by atoms with E-state index in [0.29, 0.717) is 87.1 Å². The molecule has 574 valence electrons. The first kappa shape index (κ1) is 83.7. The molecular weight excluding hydrogens is 1580 g/mol. The molecule has 0 radical (unpaired) electrons. The van der Waals surface area contributed by atoms with Gasteiger partial charge in [0.15, 0.2) is 9.84 Å². The minimum atomic E-state index is -5.47. The summed E-state index contributed by atoms with van der Waals surface area (Å²) in [5.41, 5.74) is 5.66. The maximum absolute atomic E-state index is 12.6. The number of rotatable bonds is 19. The van der Waals surface area contributed by atoms with Gasteiger partial charge in [0.2, 0.25) is 0 Å². The van der Waals surface area contributed by atoms with Gasteiger partial charge in [-0.3, -0.25) is 49.0 Å². The van der Waals surface area contributed by atoms with E-state index in [1.165, 1.54) is 24.3 Å². The van der Waals surface area contributed by atoms with E-state index in [0.717, 1.165) is 97.4 Å². The molecule has 0 unspecified atom stereocenters. The Bertz CT molecular complexity index is 5520. The van der Waals surface area contributed by atoms with E-state index in [1.807, 2.05) is 97.9 Å². The van der Waals surface area contributed by atoms with Gasteiger partial charge >= 0.3 is 5.51 Å². The minimum Gasteiger partial charge on any atom is -0.379 e. The van der Waals surface area contributed by atoms with Gasteiger partial charge in [-0.15, -0.1) is 0 Å². The Morgan fingerprint density at radius 2 is 0.821 bits per heavy atom. The fourth-order valence-corrected chi connectivity index (χ4v) is 13.6. The number of pyridine rings is 5. The third-order valence-electron chi connectivity index (χ3n) is 16.6. The van der Waals surface area contributed by atoms with Crippen molar-refractivity contribution < 1.29 is 53.9 Å².